The molecule has 1 rings (SSSR count). The Balaban J connectivity index is 2.86. The van der Waals surface area contributed by atoms with Gasteiger partial charge >= 0.3 is 0 Å². The Morgan fingerprint density at radius 1 is 1.28 bits per heavy atom. The van der Waals surface area contributed by atoms with Crippen LogP contribution in [0.2, 0.25) is 19.6 Å². The predicted molar refractivity (Wildman–Crippen MR) is 76.9 cm³/mol. The van der Waals surface area contributed by atoms with Gasteiger partial charge in [-0.25, -0.2) is 0 Å². The summed E-state index contributed by atoms with van der Waals surface area (Å²) in [6.07, 6.45) is -0.0354. The maximum absolute atomic E-state index is 11.4. The molecule has 0 radical (unpaired) electrons. The molecule has 0 N–H and O–H groups in total. The quantitative estimate of drug-likeness (QED) is 0.766. The molecule has 0 saturated heterocycles. The predicted octanol–water partition coefficient (Wildman–Crippen LogP) is 3.06. The van der Waals surface area contributed by atoms with Crippen molar-refractivity contribution in [1.29, 1.82) is 0 Å². The van der Waals surface area contributed by atoms with Gasteiger partial charge in [0.25, 0.3) is 0 Å². The van der Waals surface area contributed by atoms with Gasteiger partial charge in [-0.3, -0.25) is 4.79 Å². The van der Waals surface area contributed by atoms with Crippen LogP contribution in [-0.2, 0) is 9.22 Å². The number of carbonyl (C=O) groups excluding carboxylic acids is 1. The largest absolute Gasteiger partial charge is 0.409 e. The Hall–Kier alpha value is -1.13. The van der Waals surface area contributed by atoms with Gasteiger partial charge in [-0.05, 0) is 25.2 Å². The molecular formula is C14H23NO2Si. The third kappa shape index (κ3) is 5.02. The first-order valence-corrected chi connectivity index (χ1v) is 9.65. The van der Waals surface area contributed by atoms with Crippen LogP contribution >= 0.6 is 0 Å². The second-order valence-electron chi connectivity index (χ2n) is 5.53. The number of carbonyl (C=O) groups is 1. The monoisotopic (exact) mass is 265 g/mol. The molecule has 0 aliphatic heterocycles. The van der Waals surface area contributed by atoms with E-state index in [-0.39, 0.29) is 12.0 Å². The molecule has 1 aromatic rings. The van der Waals surface area contributed by atoms with Crippen molar-refractivity contribution in [2.24, 2.45) is 0 Å². The third-order valence-electron chi connectivity index (χ3n) is 2.64. The number of amides is 1. The van der Waals surface area contributed by atoms with Crippen LogP contribution in [0.5, 0.6) is 0 Å². The molecule has 1 amide bonds. The first-order valence-electron chi connectivity index (χ1n) is 6.24. The van der Waals surface area contributed by atoms with E-state index >= 15 is 0 Å². The summed E-state index contributed by atoms with van der Waals surface area (Å²) >= 11 is 0. The lowest BCUT2D eigenvalue weighted by atomic mass is 10.1. The second kappa shape index (κ2) is 6.16. The van der Waals surface area contributed by atoms with E-state index in [1.165, 1.54) is 0 Å². The Labute approximate surface area is 111 Å². The molecule has 0 aliphatic carbocycles. The molecule has 1 atom stereocenters. The molecule has 0 bridgehead atoms. The van der Waals surface area contributed by atoms with Crippen molar-refractivity contribution in [2.75, 3.05) is 13.6 Å². The van der Waals surface area contributed by atoms with Crippen LogP contribution in [0.1, 0.15) is 18.6 Å². The molecule has 0 fully saturated rings. The molecule has 0 aliphatic rings. The molecule has 4 heteroatoms. The zero-order chi connectivity index (χ0) is 13.8. The number of hydrogen-bond acceptors (Lipinski definition) is 2. The summed E-state index contributed by atoms with van der Waals surface area (Å²) in [5.41, 5.74) is 1.13. The first kappa shape index (κ1) is 14.9. The van der Waals surface area contributed by atoms with E-state index in [4.69, 9.17) is 4.43 Å². The smallest absolute Gasteiger partial charge is 0.219 e. The highest BCUT2D eigenvalue weighted by Crippen LogP contribution is 2.23. The van der Waals surface area contributed by atoms with Crippen LogP contribution in [0.3, 0.4) is 0 Å². The van der Waals surface area contributed by atoms with Gasteiger partial charge in [0.2, 0.25) is 5.91 Å². The van der Waals surface area contributed by atoms with Gasteiger partial charge in [0.1, 0.15) is 0 Å². The maximum atomic E-state index is 11.4. The van der Waals surface area contributed by atoms with Crippen LogP contribution in [-0.4, -0.2) is 32.7 Å². The van der Waals surface area contributed by atoms with E-state index in [2.05, 4.69) is 31.8 Å². The zero-order valence-corrected chi connectivity index (χ0v) is 12.9. The highest BCUT2D eigenvalue weighted by molar-refractivity contribution is 6.69. The summed E-state index contributed by atoms with van der Waals surface area (Å²) in [7, 11) is 0.169. The van der Waals surface area contributed by atoms with Crippen molar-refractivity contribution in [1.82, 2.24) is 4.90 Å². The number of hydrogen-bond donors (Lipinski definition) is 0. The van der Waals surface area contributed by atoms with Gasteiger partial charge in [0.15, 0.2) is 8.32 Å². The Bertz CT molecular complexity index is 387. The van der Waals surface area contributed by atoms with E-state index < -0.39 is 8.32 Å². The SMILES string of the molecule is CC(=O)N(C)CC(O[Si](C)(C)C)c1ccccc1. The highest BCUT2D eigenvalue weighted by Gasteiger charge is 2.24. The number of rotatable bonds is 5. The van der Waals surface area contributed by atoms with E-state index in [1.807, 2.05) is 25.2 Å². The molecule has 1 aromatic carbocycles. The number of nitrogens with zero attached hydrogens (tertiary/aromatic N) is 1. The van der Waals surface area contributed by atoms with Crippen LogP contribution in [0.25, 0.3) is 0 Å². The average molecular weight is 265 g/mol. The van der Waals surface area contributed by atoms with Crippen molar-refractivity contribution in [3.8, 4) is 0 Å². The number of likely N-dealkylation sites (N-methyl/N-ethyl adjacent to an activating group) is 1. The molecule has 1 unspecified atom stereocenters. The van der Waals surface area contributed by atoms with Gasteiger partial charge in [0, 0.05) is 20.5 Å². The fourth-order valence-corrected chi connectivity index (χ4v) is 2.75. The van der Waals surface area contributed by atoms with Crippen molar-refractivity contribution < 1.29 is 9.22 Å². The van der Waals surface area contributed by atoms with Crippen LogP contribution in [0.15, 0.2) is 30.3 Å². The summed E-state index contributed by atoms with van der Waals surface area (Å²) < 4.78 is 6.19. The summed E-state index contributed by atoms with van der Waals surface area (Å²) in [5, 5.41) is 0. The van der Waals surface area contributed by atoms with Crippen LogP contribution < -0.4 is 0 Å². The van der Waals surface area contributed by atoms with Gasteiger partial charge < -0.3 is 9.33 Å². The lowest BCUT2D eigenvalue weighted by Crippen LogP contribution is -2.35. The Morgan fingerprint density at radius 2 is 1.83 bits per heavy atom. The third-order valence-corrected chi connectivity index (χ3v) is 3.64. The molecule has 3 nitrogen and oxygen atoms in total. The summed E-state index contributed by atoms with van der Waals surface area (Å²) in [4.78, 5) is 13.1. The summed E-state index contributed by atoms with van der Waals surface area (Å²) in [5.74, 6) is 0.0649. The van der Waals surface area contributed by atoms with Crippen molar-refractivity contribution >= 4 is 14.2 Å². The lowest BCUT2D eigenvalue weighted by Gasteiger charge is -2.30. The fourth-order valence-electron chi connectivity index (χ4n) is 1.68. The van der Waals surface area contributed by atoms with Crippen molar-refractivity contribution in [3.05, 3.63) is 35.9 Å². The molecule has 0 saturated carbocycles. The molecule has 18 heavy (non-hydrogen) atoms. The van der Waals surface area contributed by atoms with Gasteiger partial charge in [-0.2, -0.15) is 0 Å². The first-order chi connectivity index (χ1) is 8.29. The van der Waals surface area contributed by atoms with E-state index in [0.29, 0.717) is 6.54 Å². The highest BCUT2D eigenvalue weighted by atomic mass is 28.4. The second-order valence-corrected chi connectivity index (χ2v) is 9.99. The maximum Gasteiger partial charge on any atom is 0.219 e. The minimum Gasteiger partial charge on any atom is -0.409 e. The molecule has 0 spiro atoms. The van der Waals surface area contributed by atoms with Crippen molar-refractivity contribution in [3.63, 3.8) is 0 Å². The Kier molecular flexibility index (Phi) is 5.11. The standard InChI is InChI=1S/C14H23NO2Si/c1-12(16)15(2)11-14(17-18(3,4)5)13-9-7-6-8-10-13/h6-10,14H,11H2,1-5H3. The van der Waals surface area contributed by atoms with E-state index in [9.17, 15) is 4.79 Å². The zero-order valence-electron chi connectivity index (χ0n) is 11.9. The average Bonchev–Trinajstić information content (AvgIpc) is 2.27. The summed E-state index contributed by atoms with van der Waals surface area (Å²) in [6, 6.07) is 10.1. The lowest BCUT2D eigenvalue weighted by molar-refractivity contribution is -0.128. The topological polar surface area (TPSA) is 29.5 Å². The molecule has 0 heterocycles. The molecule has 100 valence electrons. The van der Waals surface area contributed by atoms with Gasteiger partial charge in [-0.1, -0.05) is 30.3 Å². The van der Waals surface area contributed by atoms with Crippen LogP contribution in [0, 0.1) is 0 Å². The van der Waals surface area contributed by atoms with Gasteiger partial charge in [0.05, 0.1) is 6.10 Å². The minimum absolute atomic E-state index is 0.0354. The summed E-state index contributed by atoms with van der Waals surface area (Å²) in [6.45, 7) is 8.67. The molecule has 0 aromatic heterocycles. The van der Waals surface area contributed by atoms with Crippen LogP contribution in [0.4, 0.5) is 0 Å². The van der Waals surface area contributed by atoms with Gasteiger partial charge in [-0.15, -0.1) is 0 Å². The Morgan fingerprint density at radius 3 is 2.28 bits per heavy atom. The van der Waals surface area contributed by atoms with Crippen molar-refractivity contribution in [2.45, 2.75) is 32.7 Å². The normalized spacial score (nSPS) is 13.2. The minimum atomic E-state index is -1.64. The van der Waals surface area contributed by atoms with E-state index in [0.717, 1.165) is 5.56 Å². The molecular weight excluding hydrogens is 242 g/mol. The van der Waals surface area contributed by atoms with E-state index in [1.54, 1.807) is 11.8 Å². The number of benzene rings is 1. The fraction of sp³-hybridized carbons (Fsp3) is 0.500.